The van der Waals surface area contributed by atoms with Gasteiger partial charge in [-0.3, -0.25) is 0 Å². The number of rotatable bonds is 4. The van der Waals surface area contributed by atoms with E-state index in [9.17, 15) is 0 Å². The Bertz CT molecular complexity index is 329. The minimum atomic E-state index is 0. The lowest BCUT2D eigenvalue weighted by atomic mass is 9.98. The molecule has 16 heavy (non-hydrogen) atoms. The number of hydrogen-bond donors (Lipinski definition) is 1. The summed E-state index contributed by atoms with van der Waals surface area (Å²) >= 11 is 6.94. The van der Waals surface area contributed by atoms with Crippen LogP contribution in [0.2, 0.25) is 0 Å². The van der Waals surface area contributed by atoms with Gasteiger partial charge in [0.1, 0.15) is 0 Å². The second-order valence-electron chi connectivity index (χ2n) is 4.25. The summed E-state index contributed by atoms with van der Waals surface area (Å²) in [6, 6.07) is 6.36. The smallest absolute Gasteiger partial charge is 0.0320 e. The Balaban J connectivity index is 0.00000225. The van der Waals surface area contributed by atoms with E-state index in [1.165, 1.54) is 12.0 Å². The highest BCUT2D eigenvalue weighted by Crippen LogP contribution is 2.27. The molecule has 0 unspecified atom stereocenters. The highest BCUT2D eigenvalue weighted by Gasteiger charge is 2.08. The van der Waals surface area contributed by atoms with Crippen LogP contribution in [0.1, 0.15) is 38.3 Å². The zero-order valence-electron chi connectivity index (χ0n) is 9.54. The zero-order chi connectivity index (χ0) is 11.4. The SMILES string of the molecule is CC(C)CC[C@H](N)c1ccc(Br)c(Br)c1.Cl. The van der Waals surface area contributed by atoms with Crippen LogP contribution in [0.5, 0.6) is 0 Å². The summed E-state index contributed by atoms with van der Waals surface area (Å²) in [5, 5.41) is 0. The van der Waals surface area contributed by atoms with Crippen LogP contribution in [0.3, 0.4) is 0 Å². The molecule has 0 saturated carbocycles. The van der Waals surface area contributed by atoms with Crippen LogP contribution in [0.15, 0.2) is 27.1 Å². The van der Waals surface area contributed by atoms with Gasteiger partial charge in [0.2, 0.25) is 0 Å². The van der Waals surface area contributed by atoms with Crippen molar-refractivity contribution in [3.8, 4) is 0 Å². The molecule has 0 aliphatic carbocycles. The maximum atomic E-state index is 6.13. The molecule has 1 aromatic rings. The Labute approximate surface area is 121 Å². The second kappa shape index (κ2) is 7.70. The van der Waals surface area contributed by atoms with Gasteiger partial charge >= 0.3 is 0 Å². The fourth-order valence-corrected chi connectivity index (χ4v) is 2.07. The highest BCUT2D eigenvalue weighted by atomic mass is 79.9. The van der Waals surface area contributed by atoms with E-state index in [4.69, 9.17) is 5.73 Å². The molecule has 0 aliphatic heterocycles. The van der Waals surface area contributed by atoms with Crippen LogP contribution in [0, 0.1) is 5.92 Å². The van der Waals surface area contributed by atoms with Crippen LogP contribution in [-0.2, 0) is 0 Å². The molecule has 0 spiro atoms. The molecular weight excluding hydrogens is 353 g/mol. The van der Waals surface area contributed by atoms with Gasteiger partial charge in [-0.15, -0.1) is 12.4 Å². The van der Waals surface area contributed by atoms with Crippen molar-refractivity contribution in [1.82, 2.24) is 0 Å². The van der Waals surface area contributed by atoms with E-state index in [1.54, 1.807) is 0 Å². The first-order chi connectivity index (χ1) is 7.00. The monoisotopic (exact) mass is 369 g/mol. The van der Waals surface area contributed by atoms with Crippen molar-refractivity contribution in [1.29, 1.82) is 0 Å². The van der Waals surface area contributed by atoms with Gasteiger partial charge in [0, 0.05) is 15.0 Å². The summed E-state index contributed by atoms with van der Waals surface area (Å²) in [5.74, 6) is 0.718. The third-order valence-electron chi connectivity index (χ3n) is 2.43. The Morgan fingerprint density at radius 3 is 2.25 bits per heavy atom. The summed E-state index contributed by atoms with van der Waals surface area (Å²) in [5.41, 5.74) is 7.33. The van der Waals surface area contributed by atoms with Gasteiger partial charge in [-0.2, -0.15) is 0 Å². The van der Waals surface area contributed by atoms with Crippen molar-refractivity contribution >= 4 is 44.3 Å². The zero-order valence-corrected chi connectivity index (χ0v) is 13.5. The first-order valence-corrected chi connectivity index (χ1v) is 6.80. The average Bonchev–Trinajstić information content (AvgIpc) is 2.18. The maximum Gasteiger partial charge on any atom is 0.0320 e. The number of halogens is 3. The summed E-state index contributed by atoms with van der Waals surface area (Å²) < 4.78 is 2.14. The molecule has 1 rings (SSSR count). The van der Waals surface area contributed by atoms with E-state index in [-0.39, 0.29) is 18.4 Å². The van der Waals surface area contributed by atoms with Gasteiger partial charge in [-0.25, -0.2) is 0 Å². The number of hydrogen-bond acceptors (Lipinski definition) is 1. The van der Waals surface area contributed by atoms with Crippen molar-refractivity contribution in [2.75, 3.05) is 0 Å². The van der Waals surface area contributed by atoms with Crippen molar-refractivity contribution in [3.63, 3.8) is 0 Å². The van der Waals surface area contributed by atoms with E-state index in [2.05, 4.69) is 57.8 Å². The van der Waals surface area contributed by atoms with E-state index in [0.29, 0.717) is 0 Å². The highest BCUT2D eigenvalue weighted by molar-refractivity contribution is 9.13. The minimum Gasteiger partial charge on any atom is -0.324 e. The molecule has 0 aromatic heterocycles. The van der Waals surface area contributed by atoms with Crippen molar-refractivity contribution in [2.45, 2.75) is 32.7 Å². The van der Waals surface area contributed by atoms with Crippen LogP contribution < -0.4 is 5.73 Å². The summed E-state index contributed by atoms with van der Waals surface area (Å²) in [4.78, 5) is 0. The lowest BCUT2D eigenvalue weighted by Crippen LogP contribution is -2.11. The number of benzene rings is 1. The van der Waals surface area contributed by atoms with Gasteiger partial charge in [-0.05, 0) is 68.3 Å². The molecule has 0 radical (unpaired) electrons. The molecule has 0 saturated heterocycles. The molecule has 0 fully saturated rings. The Morgan fingerprint density at radius 1 is 1.12 bits per heavy atom. The van der Waals surface area contributed by atoms with Crippen LogP contribution >= 0.6 is 44.3 Å². The largest absolute Gasteiger partial charge is 0.324 e. The summed E-state index contributed by atoms with van der Waals surface area (Å²) in [6.45, 7) is 4.45. The standard InChI is InChI=1S/C12H17Br2N.ClH/c1-8(2)3-6-12(15)9-4-5-10(13)11(14)7-9;/h4-5,7-8,12H,3,6,15H2,1-2H3;1H/t12-;/m0./s1. The van der Waals surface area contributed by atoms with Gasteiger partial charge < -0.3 is 5.73 Å². The van der Waals surface area contributed by atoms with Gasteiger partial charge in [0.05, 0.1) is 0 Å². The van der Waals surface area contributed by atoms with Crippen molar-refractivity contribution in [2.24, 2.45) is 11.7 Å². The van der Waals surface area contributed by atoms with E-state index < -0.39 is 0 Å². The first kappa shape index (κ1) is 16.4. The topological polar surface area (TPSA) is 26.0 Å². The molecule has 1 nitrogen and oxygen atoms in total. The van der Waals surface area contributed by atoms with Gasteiger partial charge in [0.15, 0.2) is 0 Å². The molecule has 0 bridgehead atoms. The lowest BCUT2D eigenvalue weighted by molar-refractivity contribution is 0.507. The third-order valence-corrected chi connectivity index (χ3v) is 4.31. The molecule has 1 aromatic carbocycles. The molecule has 1 atom stereocenters. The Kier molecular flexibility index (Phi) is 7.90. The Morgan fingerprint density at radius 2 is 1.75 bits per heavy atom. The summed E-state index contributed by atoms with van der Waals surface area (Å²) in [7, 11) is 0. The summed E-state index contributed by atoms with van der Waals surface area (Å²) in [6.07, 6.45) is 2.22. The van der Waals surface area contributed by atoms with Crippen molar-refractivity contribution in [3.05, 3.63) is 32.7 Å². The minimum absolute atomic E-state index is 0. The van der Waals surface area contributed by atoms with E-state index in [1.807, 2.05) is 6.07 Å². The van der Waals surface area contributed by atoms with Crippen LogP contribution in [-0.4, -0.2) is 0 Å². The molecule has 92 valence electrons. The maximum absolute atomic E-state index is 6.13. The fourth-order valence-electron chi connectivity index (χ4n) is 1.42. The van der Waals surface area contributed by atoms with Crippen LogP contribution in [0.25, 0.3) is 0 Å². The van der Waals surface area contributed by atoms with Gasteiger partial charge in [0.25, 0.3) is 0 Å². The normalized spacial score (nSPS) is 12.4. The molecule has 0 heterocycles. The van der Waals surface area contributed by atoms with E-state index >= 15 is 0 Å². The molecule has 4 heteroatoms. The molecule has 2 N–H and O–H groups in total. The van der Waals surface area contributed by atoms with E-state index in [0.717, 1.165) is 21.3 Å². The molecule has 0 aliphatic rings. The predicted octanol–water partition coefficient (Wildman–Crippen LogP) is 5.07. The third kappa shape index (κ3) is 5.17. The molecular formula is C12H18Br2ClN. The first-order valence-electron chi connectivity index (χ1n) is 5.21. The lowest BCUT2D eigenvalue weighted by Gasteiger charge is -2.14. The Hall–Kier alpha value is 0.430. The fraction of sp³-hybridized carbons (Fsp3) is 0.500. The van der Waals surface area contributed by atoms with Crippen LogP contribution in [0.4, 0.5) is 0 Å². The predicted molar refractivity (Wildman–Crippen MR) is 80.1 cm³/mol. The van der Waals surface area contributed by atoms with Crippen molar-refractivity contribution < 1.29 is 0 Å². The average molecular weight is 372 g/mol. The quantitative estimate of drug-likeness (QED) is 0.786. The second-order valence-corrected chi connectivity index (χ2v) is 5.96. The van der Waals surface area contributed by atoms with Gasteiger partial charge in [-0.1, -0.05) is 19.9 Å². The number of nitrogens with two attached hydrogens (primary N) is 1. The molecule has 0 amide bonds.